The molecular formula is C16H21NO3. The maximum Gasteiger partial charge on any atom is 0.227 e. The lowest BCUT2D eigenvalue weighted by atomic mass is 10.1. The molecule has 2 rings (SSSR count). The normalized spacial score (nSPS) is 18.7. The van der Waals surface area contributed by atoms with Crippen LogP contribution in [-0.2, 0) is 16.0 Å². The Morgan fingerprint density at radius 1 is 1.60 bits per heavy atom. The van der Waals surface area contributed by atoms with Crippen LogP contribution >= 0.6 is 0 Å². The highest BCUT2D eigenvalue weighted by Gasteiger charge is 2.22. The van der Waals surface area contributed by atoms with Crippen LogP contribution in [0.25, 0.3) is 6.08 Å². The van der Waals surface area contributed by atoms with Gasteiger partial charge in [0.05, 0.1) is 26.2 Å². The van der Waals surface area contributed by atoms with Gasteiger partial charge in [-0.1, -0.05) is 18.7 Å². The van der Waals surface area contributed by atoms with Crippen LogP contribution in [0.3, 0.4) is 0 Å². The first-order valence-electron chi connectivity index (χ1n) is 6.82. The van der Waals surface area contributed by atoms with Crippen molar-refractivity contribution in [1.82, 2.24) is 4.90 Å². The zero-order chi connectivity index (χ0) is 14.5. The van der Waals surface area contributed by atoms with Gasteiger partial charge in [-0.2, -0.15) is 0 Å². The van der Waals surface area contributed by atoms with Gasteiger partial charge in [-0.25, -0.2) is 0 Å². The number of hydrogen-bond donors (Lipinski definition) is 0. The predicted octanol–water partition coefficient (Wildman–Crippen LogP) is 2.13. The number of nitrogens with zero attached hydrogens (tertiary/aromatic N) is 1. The van der Waals surface area contributed by atoms with Gasteiger partial charge in [-0.3, -0.25) is 4.79 Å². The lowest BCUT2D eigenvalue weighted by Crippen LogP contribution is -2.45. The molecule has 1 aliphatic heterocycles. The number of amides is 1. The predicted molar refractivity (Wildman–Crippen MR) is 78.8 cm³/mol. The molecule has 4 heteroatoms. The first kappa shape index (κ1) is 14.6. The van der Waals surface area contributed by atoms with E-state index in [-0.39, 0.29) is 12.0 Å². The highest BCUT2D eigenvalue weighted by molar-refractivity contribution is 5.80. The third kappa shape index (κ3) is 3.39. The molecule has 0 aliphatic carbocycles. The molecule has 0 aromatic heterocycles. The van der Waals surface area contributed by atoms with E-state index in [0.717, 1.165) is 16.9 Å². The number of hydrogen-bond acceptors (Lipinski definition) is 3. The highest BCUT2D eigenvalue weighted by atomic mass is 16.5. The second-order valence-corrected chi connectivity index (χ2v) is 4.97. The largest absolute Gasteiger partial charge is 0.496 e. The molecule has 0 N–H and O–H groups in total. The van der Waals surface area contributed by atoms with E-state index in [1.807, 2.05) is 30.0 Å². The maximum atomic E-state index is 12.4. The van der Waals surface area contributed by atoms with Gasteiger partial charge >= 0.3 is 0 Å². The minimum atomic E-state index is 0.106. The number of benzene rings is 1. The summed E-state index contributed by atoms with van der Waals surface area (Å²) in [5.41, 5.74) is 1.89. The highest BCUT2D eigenvalue weighted by Crippen LogP contribution is 2.22. The summed E-state index contributed by atoms with van der Waals surface area (Å²) in [4.78, 5) is 14.2. The number of morpholine rings is 1. The molecule has 1 heterocycles. The van der Waals surface area contributed by atoms with E-state index >= 15 is 0 Å². The van der Waals surface area contributed by atoms with Crippen molar-refractivity contribution in [2.75, 3.05) is 26.8 Å². The lowest BCUT2D eigenvalue weighted by molar-refractivity contribution is -0.137. The van der Waals surface area contributed by atoms with Crippen LogP contribution in [0.5, 0.6) is 5.75 Å². The van der Waals surface area contributed by atoms with E-state index in [1.165, 1.54) is 0 Å². The van der Waals surface area contributed by atoms with E-state index in [1.54, 1.807) is 13.2 Å². The minimum Gasteiger partial charge on any atom is -0.496 e. The Balaban J connectivity index is 2.11. The van der Waals surface area contributed by atoms with Crippen LogP contribution in [0.2, 0.25) is 0 Å². The number of methoxy groups -OCH3 is 1. The van der Waals surface area contributed by atoms with Crippen LogP contribution in [0.4, 0.5) is 0 Å². The molecule has 1 saturated heterocycles. The SMILES string of the molecule is C=Cc1ccc(OC)c(CC(=O)N2CCO[C@H](C)C2)c1. The first-order chi connectivity index (χ1) is 9.63. The van der Waals surface area contributed by atoms with Crippen LogP contribution < -0.4 is 4.74 Å². The van der Waals surface area contributed by atoms with Crippen molar-refractivity contribution in [2.45, 2.75) is 19.4 Å². The Hall–Kier alpha value is -1.81. The first-order valence-corrected chi connectivity index (χ1v) is 6.82. The van der Waals surface area contributed by atoms with E-state index in [0.29, 0.717) is 26.1 Å². The van der Waals surface area contributed by atoms with Gasteiger partial charge in [0.1, 0.15) is 5.75 Å². The monoisotopic (exact) mass is 275 g/mol. The molecule has 1 fully saturated rings. The summed E-state index contributed by atoms with van der Waals surface area (Å²) in [6, 6.07) is 5.76. The van der Waals surface area contributed by atoms with Crippen molar-refractivity contribution in [3.05, 3.63) is 35.9 Å². The average molecular weight is 275 g/mol. The Morgan fingerprint density at radius 3 is 3.05 bits per heavy atom. The van der Waals surface area contributed by atoms with Crippen LogP contribution in [0.15, 0.2) is 24.8 Å². The third-order valence-electron chi connectivity index (χ3n) is 3.48. The second-order valence-electron chi connectivity index (χ2n) is 4.97. The van der Waals surface area contributed by atoms with Gasteiger partial charge in [-0.15, -0.1) is 0 Å². The van der Waals surface area contributed by atoms with Gasteiger partial charge in [0, 0.05) is 18.7 Å². The topological polar surface area (TPSA) is 38.8 Å². The van der Waals surface area contributed by atoms with Crippen molar-refractivity contribution >= 4 is 12.0 Å². The molecular weight excluding hydrogens is 254 g/mol. The molecule has 1 aromatic rings. The van der Waals surface area contributed by atoms with Crippen LogP contribution in [0.1, 0.15) is 18.1 Å². The molecule has 0 unspecified atom stereocenters. The molecule has 0 radical (unpaired) electrons. The number of ether oxygens (including phenoxy) is 2. The van der Waals surface area contributed by atoms with Crippen molar-refractivity contribution in [3.63, 3.8) is 0 Å². The zero-order valence-electron chi connectivity index (χ0n) is 12.1. The fourth-order valence-corrected chi connectivity index (χ4v) is 2.38. The summed E-state index contributed by atoms with van der Waals surface area (Å²) in [7, 11) is 1.62. The number of rotatable bonds is 4. The van der Waals surface area contributed by atoms with E-state index in [9.17, 15) is 4.79 Å². The van der Waals surface area contributed by atoms with Crippen molar-refractivity contribution in [1.29, 1.82) is 0 Å². The van der Waals surface area contributed by atoms with E-state index in [4.69, 9.17) is 9.47 Å². The Morgan fingerprint density at radius 2 is 2.40 bits per heavy atom. The fourth-order valence-electron chi connectivity index (χ4n) is 2.38. The quantitative estimate of drug-likeness (QED) is 0.845. The lowest BCUT2D eigenvalue weighted by Gasteiger charge is -2.31. The Kier molecular flexibility index (Phi) is 4.79. The summed E-state index contributed by atoms with van der Waals surface area (Å²) in [6.45, 7) is 7.66. The van der Waals surface area contributed by atoms with Gasteiger partial charge in [0.2, 0.25) is 5.91 Å². The van der Waals surface area contributed by atoms with Gasteiger partial charge in [0.25, 0.3) is 0 Å². The average Bonchev–Trinajstić information content (AvgIpc) is 2.47. The molecule has 1 aliphatic rings. The molecule has 108 valence electrons. The molecule has 0 spiro atoms. The molecule has 0 saturated carbocycles. The fraction of sp³-hybridized carbons (Fsp3) is 0.438. The second kappa shape index (κ2) is 6.57. The molecule has 1 aromatic carbocycles. The standard InChI is InChI=1S/C16H21NO3/c1-4-13-5-6-15(19-3)14(9-13)10-16(18)17-7-8-20-12(2)11-17/h4-6,9,12H,1,7-8,10-11H2,2-3H3/t12-/m1/s1. The molecule has 1 atom stereocenters. The van der Waals surface area contributed by atoms with Crippen LogP contribution in [0, 0.1) is 0 Å². The van der Waals surface area contributed by atoms with Crippen molar-refractivity contribution in [3.8, 4) is 5.75 Å². The Labute approximate surface area is 120 Å². The van der Waals surface area contributed by atoms with Crippen molar-refractivity contribution in [2.24, 2.45) is 0 Å². The molecule has 4 nitrogen and oxygen atoms in total. The van der Waals surface area contributed by atoms with E-state index < -0.39 is 0 Å². The number of carbonyl (C=O) groups excluding carboxylic acids is 1. The van der Waals surface area contributed by atoms with Gasteiger partial charge in [-0.05, 0) is 24.6 Å². The zero-order valence-corrected chi connectivity index (χ0v) is 12.1. The molecule has 0 bridgehead atoms. The minimum absolute atomic E-state index is 0.106. The van der Waals surface area contributed by atoms with Gasteiger partial charge in [0.15, 0.2) is 0 Å². The van der Waals surface area contributed by atoms with E-state index in [2.05, 4.69) is 6.58 Å². The van der Waals surface area contributed by atoms with Crippen LogP contribution in [-0.4, -0.2) is 43.7 Å². The smallest absolute Gasteiger partial charge is 0.227 e. The molecule has 20 heavy (non-hydrogen) atoms. The number of carbonyl (C=O) groups is 1. The molecule has 1 amide bonds. The maximum absolute atomic E-state index is 12.4. The summed E-state index contributed by atoms with van der Waals surface area (Å²) in [5.74, 6) is 0.852. The van der Waals surface area contributed by atoms with Crippen molar-refractivity contribution < 1.29 is 14.3 Å². The summed E-state index contributed by atoms with van der Waals surface area (Å²) in [6.07, 6.45) is 2.22. The summed E-state index contributed by atoms with van der Waals surface area (Å²) in [5, 5.41) is 0. The van der Waals surface area contributed by atoms with Gasteiger partial charge < -0.3 is 14.4 Å². The summed E-state index contributed by atoms with van der Waals surface area (Å²) < 4.78 is 10.8. The third-order valence-corrected chi connectivity index (χ3v) is 3.48. The summed E-state index contributed by atoms with van der Waals surface area (Å²) >= 11 is 0. The Bertz CT molecular complexity index is 498.